The number of oxazole rings is 1. The van der Waals surface area contributed by atoms with Crippen LogP contribution < -0.4 is 10.5 Å². The lowest BCUT2D eigenvalue weighted by Gasteiger charge is -2.16. The molecule has 29 heavy (non-hydrogen) atoms. The minimum absolute atomic E-state index is 0.0387. The van der Waals surface area contributed by atoms with Crippen LogP contribution >= 0.6 is 15.9 Å². The third-order valence-electron chi connectivity index (χ3n) is 4.09. The van der Waals surface area contributed by atoms with Crippen molar-refractivity contribution < 1.29 is 27.5 Å². The molecule has 3 aromatic rings. The van der Waals surface area contributed by atoms with Crippen LogP contribution in [0.4, 0.5) is 8.78 Å². The number of ether oxygens (including phenoxy) is 2. The van der Waals surface area contributed by atoms with Crippen LogP contribution in [0.5, 0.6) is 5.75 Å². The highest BCUT2D eigenvalue weighted by atomic mass is 79.9. The van der Waals surface area contributed by atoms with Gasteiger partial charge in [0.2, 0.25) is 5.89 Å². The van der Waals surface area contributed by atoms with Gasteiger partial charge in [0.15, 0.2) is 22.3 Å². The van der Waals surface area contributed by atoms with Crippen LogP contribution in [0.3, 0.4) is 0 Å². The first-order valence-corrected chi connectivity index (χ1v) is 9.27. The van der Waals surface area contributed by atoms with Crippen molar-refractivity contribution in [2.24, 2.45) is 5.73 Å². The van der Waals surface area contributed by atoms with Crippen molar-refractivity contribution in [3.8, 4) is 17.0 Å². The van der Waals surface area contributed by atoms with Gasteiger partial charge in [-0.1, -0.05) is 29.8 Å². The molecule has 2 N–H and O–H groups in total. The molecular weight excluding hydrogens is 450 g/mol. The molecule has 0 radical (unpaired) electrons. The number of primary amides is 1. The normalized spacial score (nSPS) is 12.0. The lowest BCUT2D eigenvalue weighted by Crippen LogP contribution is -2.19. The third kappa shape index (κ3) is 4.46. The van der Waals surface area contributed by atoms with Crippen molar-refractivity contribution in [1.29, 1.82) is 0 Å². The first-order chi connectivity index (χ1) is 13.8. The summed E-state index contributed by atoms with van der Waals surface area (Å²) in [6.07, 6.45) is -0.962. The van der Waals surface area contributed by atoms with Gasteiger partial charge in [0.25, 0.3) is 5.91 Å². The van der Waals surface area contributed by atoms with Crippen LogP contribution in [0.25, 0.3) is 11.3 Å². The van der Waals surface area contributed by atoms with E-state index in [0.717, 1.165) is 23.3 Å². The molecule has 152 valence electrons. The Hall–Kier alpha value is -2.78. The Balaban J connectivity index is 1.96. The summed E-state index contributed by atoms with van der Waals surface area (Å²) in [5, 5.41) is 0. The molecule has 0 saturated heterocycles. The minimum Gasteiger partial charge on any atom is -0.475 e. The molecule has 1 amide bonds. The molecule has 0 aliphatic heterocycles. The number of benzene rings is 2. The van der Waals surface area contributed by atoms with Gasteiger partial charge >= 0.3 is 0 Å². The Bertz CT molecular complexity index is 1040. The van der Waals surface area contributed by atoms with E-state index in [1.165, 1.54) is 7.11 Å². The molecular formula is C20H17BrF2N2O4. The number of amides is 1. The van der Waals surface area contributed by atoms with Gasteiger partial charge in [0.05, 0.1) is 6.61 Å². The predicted octanol–water partition coefficient (Wildman–Crippen LogP) is 4.56. The quantitative estimate of drug-likeness (QED) is 0.551. The summed E-state index contributed by atoms with van der Waals surface area (Å²) in [5.41, 5.74) is 6.59. The Kier molecular flexibility index (Phi) is 6.29. The highest BCUT2D eigenvalue weighted by molar-refractivity contribution is 9.10. The van der Waals surface area contributed by atoms with E-state index in [1.54, 1.807) is 0 Å². The zero-order valence-corrected chi connectivity index (χ0v) is 17.1. The molecule has 9 heteroatoms. The molecule has 3 rings (SSSR count). The Morgan fingerprint density at radius 2 is 1.93 bits per heavy atom. The third-order valence-corrected chi connectivity index (χ3v) is 4.63. The van der Waals surface area contributed by atoms with Gasteiger partial charge in [-0.05, 0) is 35.0 Å². The standard InChI is InChI=1S/C20H17BrF2N2O4/c1-10-3-5-11(6-4-10)17-18(21)29-20(25-17)14(9-27-2)28-13-8-7-12(22)15(16(13)23)19(24)26/h3-8,14H,9H2,1-2H3,(H2,24,26). The van der Waals surface area contributed by atoms with E-state index in [4.69, 9.17) is 19.6 Å². The summed E-state index contributed by atoms with van der Waals surface area (Å²) in [6.45, 7) is 1.93. The summed E-state index contributed by atoms with van der Waals surface area (Å²) < 4.78 is 44.9. The van der Waals surface area contributed by atoms with Crippen molar-refractivity contribution in [3.63, 3.8) is 0 Å². The van der Waals surface area contributed by atoms with E-state index in [0.29, 0.717) is 10.4 Å². The maximum atomic E-state index is 14.5. The number of aromatic nitrogens is 1. The van der Waals surface area contributed by atoms with Gasteiger partial charge < -0.3 is 19.6 Å². The number of aryl methyl sites for hydroxylation is 1. The second-order valence-corrected chi connectivity index (χ2v) is 6.92. The van der Waals surface area contributed by atoms with Gasteiger partial charge in [-0.2, -0.15) is 0 Å². The monoisotopic (exact) mass is 466 g/mol. The van der Waals surface area contributed by atoms with Crippen LogP contribution in [0, 0.1) is 18.6 Å². The van der Waals surface area contributed by atoms with Crippen LogP contribution in [-0.4, -0.2) is 24.6 Å². The molecule has 1 unspecified atom stereocenters. The molecule has 0 saturated carbocycles. The minimum atomic E-state index is -1.24. The molecule has 1 aromatic heterocycles. The second-order valence-electron chi connectivity index (χ2n) is 6.20. The summed E-state index contributed by atoms with van der Waals surface area (Å²) in [6, 6.07) is 9.57. The average molecular weight is 467 g/mol. The molecule has 1 heterocycles. The van der Waals surface area contributed by atoms with E-state index in [2.05, 4.69) is 20.9 Å². The fourth-order valence-electron chi connectivity index (χ4n) is 2.65. The van der Waals surface area contributed by atoms with E-state index >= 15 is 0 Å². The number of hydrogen-bond acceptors (Lipinski definition) is 5. The van der Waals surface area contributed by atoms with Gasteiger partial charge in [-0.3, -0.25) is 4.79 Å². The number of hydrogen-bond donors (Lipinski definition) is 1. The molecule has 0 bridgehead atoms. The van der Waals surface area contributed by atoms with Gasteiger partial charge in [0, 0.05) is 12.7 Å². The van der Waals surface area contributed by atoms with Gasteiger partial charge in [-0.25, -0.2) is 13.8 Å². The summed E-state index contributed by atoms with van der Waals surface area (Å²) in [4.78, 5) is 15.8. The number of carbonyl (C=O) groups is 1. The molecule has 0 aliphatic carbocycles. The largest absolute Gasteiger partial charge is 0.475 e. The number of carbonyl (C=O) groups excluding carboxylic acids is 1. The molecule has 1 atom stereocenters. The molecule has 0 spiro atoms. The first kappa shape index (κ1) is 20.9. The van der Waals surface area contributed by atoms with Crippen molar-refractivity contribution in [1.82, 2.24) is 4.98 Å². The fraction of sp³-hybridized carbons (Fsp3) is 0.200. The smallest absolute Gasteiger partial charge is 0.254 e. The topological polar surface area (TPSA) is 87.6 Å². The molecule has 0 aliphatic rings. The summed E-state index contributed by atoms with van der Waals surface area (Å²) in [5.74, 6) is -3.80. The number of nitrogens with two attached hydrogens (primary N) is 1. The van der Waals surface area contributed by atoms with Crippen molar-refractivity contribution in [3.05, 3.63) is 69.7 Å². The number of nitrogens with zero attached hydrogens (tertiary/aromatic N) is 1. The van der Waals surface area contributed by atoms with E-state index < -0.39 is 29.2 Å². The maximum Gasteiger partial charge on any atom is 0.254 e. The zero-order valence-electron chi connectivity index (χ0n) is 15.5. The summed E-state index contributed by atoms with van der Waals surface area (Å²) >= 11 is 3.32. The van der Waals surface area contributed by atoms with Crippen molar-refractivity contribution in [2.75, 3.05) is 13.7 Å². The van der Waals surface area contributed by atoms with Crippen molar-refractivity contribution >= 4 is 21.8 Å². The Morgan fingerprint density at radius 3 is 2.55 bits per heavy atom. The van der Waals surface area contributed by atoms with Gasteiger partial charge in [0.1, 0.15) is 17.1 Å². The SMILES string of the molecule is COCC(Oc1ccc(F)c(C(N)=O)c1F)c1nc(-c2ccc(C)cc2)c(Br)o1. The number of halogens is 3. The fourth-order valence-corrected chi connectivity index (χ4v) is 3.14. The maximum absolute atomic E-state index is 14.5. The van der Waals surface area contributed by atoms with Crippen LogP contribution in [0.2, 0.25) is 0 Å². The lowest BCUT2D eigenvalue weighted by atomic mass is 10.1. The molecule has 2 aromatic carbocycles. The van der Waals surface area contributed by atoms with Gasteiger partial charge in [-0.15, -0.1) is 0 Å². The first-order valence-electron chi connectivity index (χ1n) is 8.48. The predicted molar refractivity (Wildman–Crippen MR) is 104 cm³/mol. The average Bonchev–Trinajstić information content (AvgIpc) is 3.05. The van der Waals surface area contributed by atoms with Crippen LogP contribution in [0.1, 0.15) is 27.9 Å². The molecule has 0 fully saturated rings. The van der Waals surface area contributed by atoms with Crippen LogP contribution in [0.15, 0.2) is 45.5 Å². The highest BCUT2D eigenvalue weighted by Gasteiger charge is 2.26. The van der Waals surface area contributed by atoms with E-state index in [-0.39, 0.29) is 18.2 Å². The van der Waals surface area contributed by atoms with E-state index in [9.17, 15) is 13.6 Å². The van der Waals surface area contributed by atoms with Crippen molar-refractivity contribution in [2.45, 2.75) is 13.0 Å². The second kappa shape index (κ2) is 8.71. The highest BCUT2D eigenvalue weighted by Crippen LogP contribution is 2.33. The van der Waals surface area contributed by atoms with Crippen LogP contribution in [-0.2, 0) is 4.74 Å². The lowest BCUT2D eigenvalue weighted by molar-refractivity contribution is 0.0602. The Morgan fingerprint density at radius 1 is 1.24 bits per heavy atom. The van der Waals surface area contributed by atoms with E-state index in [1.807, 2.05) is 31.2 Å². The summed E-state index contributed by atoms with van der Waals surface area (Å²) in [7, 11) is 1.42. The zero-order chi connectivity index (χ0) is 21.1. The molecule has 6 nitrogen and oxygen atoms in total. The Labute approximate surface area is 173 Å². The number of methoxy groups -OCH3 is 1. The number of rotatable bonds is 7.